The van der Waals surface area contributed by atoms with E-state index in [0.717, 1.165) is 25.6 Å². The average Bonchev–Trinajstić information content (AvgIpc) is 2.90. The predicted octanol–water partition coefficient (Wildman–Crippen LogP) is 2.51. The van der Waals surface area contributed by atoms with Crippen LogP contribution in [0.25, 0.3) is 0 Å². The molecule has 3 nitrogen and oxygen atoms in total. The number of nitrogens with zero attached hydrogens (tertiary/aromatic N) is 1. The zero-order valence-electron chi connectivity index (χ0n) is 13.2. The summed E-state index contributed by atoms with van der Waals surface area (Å²) < 4.78 is 5.85. The van der Waals surface area contributed by atoms with Crippen LogP contribution in [-0.2, 0) is 4.74 Å². The summed E-state index contributed by atoms with van der Waals surface area (Å²) in [4.78, 5) is 2.71. The molecule has 112 valence electrons. The molecule has 0 aromatic carbocycles. The Balaban J connectivity index is 1.97. The molecule has 4 atom stereocenters. The quantitative estimate of drug-likeness (QED) is 0.829. The molecule has 0 saturated carbocycles. The van der Waals surface area contributed by atoms with Gasteiger partial charge in [-0.25, -0.2) is 0 Å². The van der Waals surface area contributed by atoms with Crippen molar-refractivity contribution >= 4 is 0 Å². The molecule has 0 radical (unpaired) electrons. The SMILES string of the molecule is CCC(C)C1CNC(C(C)C)CN1CC1CCCO1. The first-order valence-electron chi connectivity index (χ1n) is 8.20. The van der Waals surface area contributed by atoms with Crippen molar-refractivity contribution in [2.45, 2.75) is 65.1 Å². The third-order valence-electron chi connectivity index (χ3n) is 5.06. The van der Waals surface area contributed by atoms with Gasteiger partial charge in [0.25, 0.3) is 0 Å². The summed E-state index contributed by atoms with van der Waals surface area (Å²) in [5.74, 6) is 1.48. The van der Waals surface area contributed by atoms with Crippen molar-refractivity contribution in [3.05, 3.63) is 0 Å². The Morgan fingerprint density at radius 2 is 2.11 bits per heavy atom. The lowest BCUT2D eigenvalue weighted by Gasteiger charge is -2.45. The average molecular weight is 268 g/mol. The molecule has 4 unspecified atom stereocenters. The molecular formula is C16H32N2O. The Labute approximate surface area is 119 Å². The van der Waals surface area contributed by atoms with Gasteiger partial charge in [0.1, 0.15) is 0 Å². The Hall–Kier alpha value is -0.120. The summed E-state index contributed by atoms with van der Waals surface area (Å²) in [5, 5.41) is 3.76. The van der Waals surface area contributed by atoms with Crippen LogP contribution < -0.4 is 5.32 Å². The highest BCUT2D eigenvalue weighted by atomic mass is 16.5. The highest BCUT2D eigenvalue weighted by molar-refractivity contribution is 4.91. The zero-order chi connectivity index (χ0) is 13.8. The maximum atomic E-state index is 5.85. The van der Waals surface area contributed by atoms with Gasteiger partial charge in [0.2, 0.25) is 0 Å². The van der Waals surface area contributed by atoms with Gasteiger partial charge < -0.3 is 10.1 Å². The summed E-state index contributed by atoms with van der Waals surface area (Å²) in [5.41, 5.74) is 0. The number of rotatable bonds is 5. The molecule has 0 aromatic rings. The van der Waals surface area contributed by atoms with Crippen LogP contribution in [0.1, 0.15) is 47.0 Å². The smallest absolute Gasteiger partial charge is 0.0702 e. The van der Waals surface area contributed by atoms with Crippen molar-refractivity contribution in [2.75, 3.05) is 26.2 Å². The fourth-order valence-electron chi connectivity index (χ4n) is 3.39. The lowest BCUT2D eigenvalue weighted by atomic mass is 9.91. The van der Waals surface area contributed by atoms with Gasteiger partial charge in [-0.15, -0.1) is 0 Å². The Kier molecular flexibility index (Phi) is 5.67. The fourth-order valence-corrected chi connectivity index (χ4v) is 3.39. The molecule has 1 N–H and O–H groups in total. The van der Waals surface area contributed by atoms with Crippen LogP contribution in [0.3, 0.4) is 0 Å². The van der Waals surface area contributed by atoms with E-state index in [9.17, 15) is 0 Å². The molecule has 3 heteroatoms. The summed E-state index contributed by atoms with van der Waals surface area (Å²) >= 11 is 0. The van der Waals surface area contributed by atoms with Crippen molar-refractivity contribution in [3.8, 4) is 0 Å². The van der Waals surface area contributed by atoms with Gasteiger partial charge in [0.05, 0.1) is 6.10 Å². The third-order valence-corrected chi connectivity index (χ3v) is 5.06. The molecule has 0 bridgehead atoms. The van der Waals surface area contributed by atoms with Crippen LogP contribution in [0.4, 0.5) is 0 Å². The lowest BCUT2D eigenvalue weighted by molar-refractivity contribution is 0.0189. The highest BCUT2D eigenvalue weighted by Gasteiger charge is 2.33. The van der Waals surface area contributed by atoms with E-state index in [1.807, 2.05) is 0 Å². The lowest BCUT2D eigenvalue weighted by Crippen LogP contribution is -2.61. The van der Waals surface area contributed by atoms with Crippen molar-refractivity contribution in [3.63, 3.8) is 0 Å². The minimum Gasteiger partial charge on any atom is -0.377 e. The van der Waals surface area contributed by atoms with E-state index in [1.54, 1.807) is 0 Å². The minimum absolute atomic E-state index is 0.484. The highest BCUT2D eigenvalue weighted by Crippen LogP contribution is 2.23. The Bertz CT molecular complexity index is 261. The molecule has 2 heterocycles. The Morgan fingerprint density at radius 1 is 1.32 bits per heavy atom. The van der Waals surface area contributed by atoms with E-state index >= 15 is 0 Å². The van der Waals surface area contributed by atoms with Crippen LogP contribution in [-0.4, -0.2) is 49.3 Å². The normalized spacial score (nSPS) is 34.9. The first-order chi connectivity index (χ1) is 9.11. The summed E-state index contributed by atoms with van der Waals surface area (Å²) in [6.07, 6.45) is 4.25. The molecule has 19 heavy (non-hydrogen) atoms. The second kappa shape index (κ2) is 7.05. The fraction of sp³-hybridized carbons (Fsp3) is 1.00. The van der Waals surface area contributed by atoms with E-state index in [2.05, 4.69) is 37.9 Å². The molecule has 0 spiro atoms. The molecule has 0 aliphatic carbocycles. The van der Waals surface area contributed by atoms with Crippen LogP contribution in [0, 0.1) is 11.8 Å². The third kappa shape index (κ3) is 3.93. The topological polar surface area (TPSA) is 24.5 Å². The molecule has 2 aliphatic heterocycles. The molecular weight excluding hydrogens is 236 g/mol. The van der Waals surface area contributed by atoms with Gasteiger partial charge in [0, 0.05) is 38.3 Å². The van der Waals surface area contributed by atoms with E-state index in [4.69, 9.17) is 4.74 Å². The number of piperazine rings is 1. The molecule has 2 aliphatic rings. The first kappa shape index (κ1) is 15.3. The Morgan fingerprint density at radius 3 is 2.68 bits per heavy atom. The van der Waals surface area contributed by atoms with E-state index in [0.29, 0.717) is 24.1 Å². The maximum absolute atomic E-state index is 5.85. The van der Waals surface area contributed by atoms with Gasteiger partial charge in [-0.05, 0) is 24.7 Å². The summed E-state index contributed by atoms with van der Waals surface area (Å²) in [6.45, 7) is 13.8. The van der Waals surface area contributed by atoms with E-state index < -0.39 is 0 Å². The van der Waals surface area contributed by atoms with Gasteiger partial charge in [-0.2, -0.15) is 0 Å². The summed E-state index contributed by atoms with van der Waals surface area (Å²) in [6, 6.07) is 1.32. The second-order valence-electron chi connectivity index (χ2n) is 6.80. The molecule has 0 amide bonds. The zero-order valence-corrected chi connectivity index (χ0v) is 13.2. The first-order valence-corrected chi connectivity index (χ1v) is 8.20. The van der Waals surface area contributed by atoms with E-state index in [1.165, 1.54) is 25.8 Å². The van der Waals surface area contributed by atoms with Gasteiger partial charge in [0.15, 0.2) is 0 Å². The number of hydrogen-bond donors (Lipinski definition) is 1. The van der Waals surface area contributed by atoms with E-state index in [-0.39, 0.29) is 0 Å². The number of nitrogens with one attached hydrogen (secondary N) is 1. The van der Waals surface area contributed by atoms with Crippen molar-refractivity contribution in [1.82, 2.24) is 10.2 Å². The number of ether oxygens (including phenoxy) is 1. The van der Waals surface area contributed by atoms with Crippen LogP contribution in [0.2, 0.25) is 0 Å². The van der Waals surface area contributed by atoms with Crippen LogP contribution in [0.15, 0.2) is 0 Å². The standard InChI is InChI=1S/C16H32N2O/c1-5-13(4)16-9-17-15(12(2)3)11-18(16)10-14-7-6-8-19-14/h12-17H,5-11H2,1-4H3. The van der Waals surface area contributed by atoms with Gasteiger partial charge >= 0.3 is 0 Å². The molecule has 2 rings (SSSR count). The monoisotopic (exact) mass is 268 g/mol. The minimum atomic E-state index is 0.484. The van der Waals surface area contributed by atoms with Gasteiger partial charge in [-0.3, -0.25) is 4.90 Å². The van der Waals surface area contributed by atoms with Crippen molar-refractivity contribution in [2.24, 2.45) is 11.8 Å². The largest absolute Gasteiger partial charge is 0.377 e. The number of hydrogen-bond acceptors (Lipinski definition) is 3. The van der Waals surface area contributed by atoms with Crippen molar-refractivity contribution < 1.29 is 4.74 Å². The molecule has 0 aromatic heterocycles. The summed E-state index contributed by atoms with van der Waals surface area (Å²) in [7, 11) is 0. The van der Waals surface area contributed by atoms with Crippen molar-refractivity contribution in [1.29, 1.82) is 0 Å². The molecule has 2 fully saturated rings. The van der Waals surface area contributed by atoms with Crippen LogP contribution >= 0.6 is 0 Å². The second-order valence-corrected chi connectivity index (χ2v) is 6.80. The van der Waals surface area contributed by atoms with Gasteiger partial charge in [-0.1, -0.05) is 34.1 Å². The molecule has 2 saturated heterocycles. The van der Waals surface area contributed by atoms with Crippen LogP contribution in [0.5, 0.6) is 0 Å². The predicted molar refractivity (Wildman–Crippen MR) is 80.4 cm³/mol. The maximum Gasteiger partial charge on any atom is 0.0702 e.